The van der Waals surface area contributed by atoms with Crippen molar-refractivity contribution in [3.05, 3.63) is 49.5 Å². The molecular formula is C11H11ClN4O2S. The van der Waals surface area contributed by atoms with Gasteiger partial charge in [0.2, 0.25) is 0 Å². The Balaban J connectivity index is 2.47. The Bertz CT molecular complexity index is 725. The highest BCUT2D eigenvalue weighted by molar-refractivity contribution is 7.99. The predicted octanol–water partition coefficient (Wildman–Crippen LogP) is 0.732. The van der Waals surface area contributed by atoms with Crippen LogP contribution in [0.1, 0.15) is 5.56 Å². The van der Waals surface area contributed by atoms with Crippen LogP contribution in [0.3, 0.4) is 0 Å². The summed E-state index contributed by atoms with van der Waals surface area (Å²) in [4.78, 5) is 26.9. The molecule has 0 bridgehead atoms. The fourth-order valence-electron chi connectivity index (χ4n) is 1.44. The number of halogens is 1. The predicted molar refractivity (Wildman–Crippen MR) is 73.6 cm³/mol. The number of aryl methyl sites for hydroxylation is 1. The molecule has 19 heavy (non-hydrogen) atoms. The average molecular weight is 299 g/mol. The van der Waals surface area contributed by atoms with Gasteiger partial charge in [-0.05, 0) is 29.5 Å². The van der Waals surface area contributed by atoms with Crippen LogP contribution in [0.2, 0.25) is 5.02 Å². The molecule has 0 saturated heterocycles. The van der Waals surface area contributed by atoms with E-state index in [1.54, 1.807) is 19.2 Å². The van der Waals surface area contributed by atoms with Crippen molar-refractivity contribution in [1.29, 1.82) is 0 Å². The zero-order valence-electron chi connectivity index (χ0n) is 10.0. The van der Waals surface area contributed by atoms with Gasteiger partial charge in [0.15, 0.2) is 5.16 Å². The molecule has 1 aromatic carbocycles. The normalized spacial score (nSPS) is 10.7. The monoisotopic (exact) mass is 298 g/mol. The highest BCUT2D eigenvalue weighted by Gasteiger charge is 2.09. The second-order valence-electron chi connectivity index (χ2n) is 3.76. The molecule has 6 nitrogen and oxygen atoms in total. The number of nitrogens with one attached hydrogen (secondary N) is 1. The second kappa shape index (κ2) is 5.60. The van der Waals surface area contributed by atoms with E-state index in [0.717, 1.165) is 10.5 Å². The van der Waals surface area contributed by atoms with E-state index < -0.39 is 11.1 Å². The molecule has 2 aromatic rings. The highest BCUT2D eigenvalue weighted by Crippen LogP contribution is 2.30. The van der Waals surface area contributed by atoms with Crippen molar-refractivity contribution in [3.8, 4) is 0 Å². The van der Waals surface area contributed by atoms with E-state index in [1.165, 1.54) is 16.4 Å². The Kier molecular flexibility index (Phi) is 4.08. The third-order valence-corrected chi connectivity index (χ3v) is 3.78. The molecule has 0 unspecified atom stereocenters. The highest BCUT2D eigenvalue weighted by atomic mass is 35.5. The minimum absolute atomic E-state index is 0.344. The van der Waals surface area contributed by atoms with Gasteiger partial charge in [-0.3, -0.25) is 19.4 Å². The number of nitrogens with zero attached hydrogens (tertiary/aromatic N) is 2. The minimum Gasteiger partial charge on any atom is -0.326 e. The molecular weight excluding hydrogens is 288 g/mol. The largest absolute Gasteiger partial charge is 0.339 e. The molecule has 2 rings (SSSR count). The molecule has 0 amide bonds. The quantitative estimate of drug-likeness (QED) is 0.815. The summed E-state index contributed by atoms with van der Waals surface area (Å²) in [6.07, 6.45) is 0. The molecule has 0 fully saturated rings. The van der Waals surface area contributed by atoms with Gasteiger partial charge >= 0.3 is 11.1 Å². The summed E-state index contributed by atoms with van der Waals surface area (Å²) in [5.74, 6) is 0. The number of rotatable bonds is 3. The first-order valence-corrected chi connectivity index (χ1v) is 6.54. The number of benzene rings is 1. The van der Waals surface area contributed by atoms with Gasteiger partial charge in [-0.15, -0.1) is 0 Å². The standard InChI is InChI=1S/C11H11ClN4O2S/c1-16-11(14-9(17)10(18)15-16)19-8-4-7(12)3-2-6(8)5-13/h2-4H,5,13H2,1H3,(H,15,18). The number of hydrogen-bond donors (Lipinski definition) is 2. The summed E-state index contributed by atoms with van der Waals surface area (Å²) in [5.41, 5.74) is 4.95. The van der Waals surface area contributed by atoms with Crippen LogP contribution in [0.4, 0.5) is 0 Å². The van der Waals surface area contributed by atoms with E-state index in [9.17, 15) is 9.59 Å². The van der Waals surface area contributed by atoms with Crippen LogP contribution in [0.5, 0.6) is 0 Å². The van der Waals surface area contributed by atoms with Crippen molar-refractivity contribution >= 4 is 23.4 Å². The molecule has 100 valence electrons. The molecule has 0 spiro atoms. The SMILES string of the molecule is Cn1[nH]c(=O)c(=O)nc1Sc1cc(Cl)ccc1CN. The molecule has 3 N–H and O–H groups in total. The molecule has 0 aliphatic carbocycles. The molecule has 0 radical (unpaired) electrons. The molecule has 8 heteroatoms. The number of aromatic nitrogens is 3. The van der Waals surface area contributed by atoms with Crippen LogP contribution in [0, 0.1) is 0 Å². The lowest BCUT2D eigenvalue weighted by Crippen LogP contribution is -2.33. The average Bonchev–Trinajstić information content (AvgIpc) is 2.36. The van der Waals surface area contributed by atoms with Crippen molar-refractivity contribution in [1.82, 2.24) is 14.8 Å². The topological polar surface area (TPSA) is 93.8 Å². The summed E-state index contributed by atoms with van der Waals surface area (Å²) in [7, 11) is 1.60. The van der Waals surface area contributed by atoms with Crippen molar-refractivity contribution in [3.63, 3.8) is 0 Å². The molecule has 0 saturated carbocycles. The van der Waals surface area contributed by atoms with Gasteiger partial charge in [0.25, 0.3) is 0 Å². The first-order valence-electron chi connectivity index (χ1n) is 5.35. The lowest BCUT2D eigenvalue weighted by molar-refractivity contribution is 0.596. The Morgan fingerprint density at radius 2 is 2.21 bits per heavy atom. The Hall–Kier alpha value is -1.57. The van der Waals surface area contributed by atoms with Gasteiger partial charge in [0, 0.05) is 23.5 Å². The first-order chi connectivity index (χ1) is 9.01. The molecule has 1 heterocycles. The van der Waals surface area contributed by atoms with E-state index in [1.807, 2.05) is 6.07 Å². The van der Waals surface area contributed by atoms with E-state index >= 15 is 0 Å². The van der Waals surface area contributed by atoms with E-state index in [0.29, 0.717) is 16.7 Å². The molecule has 0 aliphatic rings. The van der Waals surface area contributed by atoms with Gasteiger partial charge in [0.1, 0.15) is 0 Å². The zero-order chi connectivity index (χ0) is 14.0. The maximum absolute atomic E-state index is 11.3. The number of nitrogens with two attached hydrogens (primary N) is 1. The van der Waals surface area contributed by atoms with Crippen molar-refractivity contribution < 1.29 is 0 Å². The van der Waals surface area contributed by atoms with Gasteiger partial charge in [0.05, 0.1) is 0 Å². The Labute approximate surface area is 117 Å². The fraction of sp³-hybridized carbons (Fsp3) is 0.182. The van der Waals surface area contributed by atoms with Crippen LogP contribution in [0.25, 0.3) is 0 Å². The lowest BCUT2D eigenvalue weighted by Gasteiger charge is -2.09. The van der Waals surface area contributed by atoms with Crippen LogP contribution in [0.15, 0.2) is 37.8 Å². The van der Waals surface area contributed by atoms with Crippen LogP contribution >= 0.6 is 23.4 Å². The van der Waals surface area contributed by atoms with Gasteiger partial charge < -0.3 is 5.73 Å². The van der Waals surface area contributed by atoms with Crippen LogP contribution in [-0.2, 0) is 13.6 Å². The maximum atomic E-state index is 11.3. The molecule has 1 aromatic heterocycles. The minimum atomic E-state index is -0.822. The van der Waals surface area contributed by atoms with Crippen LogP contribution < -0.4 is 16.9 Å². The summed E-state index contributed by atoms with van der Waals surface area (Å²) >= 11 is 7.16. The maximum Gasteiger partial charge on any atom is 0.339 e. The Morgan fingerprint density at radius 1 is 1.47 bits per heavy atom. The Morgan fingerprint density at radius 3 is 2.89 bits per heavy atom. The van der Waals surface area contributed by atoms with Gasteiger partial charge in [-0.1, -0.05) is 17.7 Å². The number of aromatic amines is 1. The van der Waals surface area contributed by atoms with Gasteiger partial charge in [-0.2, -0.15) is 4.98 Å². The number of hydrogen-bond acceptors (Lipinski definition) is 5. The third kappa shape index (κ3) is 3.06. The molecule has 0 atom stereocenters. The number of H-pyrrole nitrogens is 1. The summed E-state index contributed by atoms with van der Waals surface area (Å²) < 4.78 is 1.38. The summed E-state index contributed by atoms with van der Waals surface area (Å²) in [6.45, 7) is 0.344. The van der Waals surface area contributed by atoms with E-state index in [2.05, 4.69) is 10.1 Å². The van der Waals surface area contributed by atoms with Gasteiger partial charge in [-0.25, -0.2) is 0 Å². The van der Waals surface area contributed by atoms with Crippen LogP contribution in [-0.4, -0.2) is 14.8 Å². The van der Waals surface area contributed by atoms with Crippen molar-refractivity contribution in [2.75, 3.05) is 0 Å². The first kappa shape index (κ1) is 13.9. The van der Waals surface area contributed by atoms with E-state index in [-0.39, 0.29) is 0 Å². The fourth-order valence-corrected chi connectivity index (χ4v) is 2.66. The summed E-state index contributed by atoms with van der Waals surface area (Å²) in [5, 5.41) is 3.31. The van der Waals surface area contributed by atoms with E-state index in [4.69, 9.17) is 17.3 Å². The molecule has 0 aliphatic heterocycles. The second-order valence-corrected chi connectivity index (χ2v) is 5.20. The smallest absolute Gasteiger partial charge is 0.326 e. The summed E-state index contributed by atoms with van der Waals surface area (Å²) in [6, 6.07) is 5.30. The lowest BCUT2D eigenvalue weighted by atomic mass is 10.2. The van der Waals surface area contributed by atoms with Crippen molar-refractivity contribution in [2.45, 2.75) is 16.6 Å². The zero-order valence-corrected chi connectivity index (χ0v) is 11.6. The van der Waals surface area contributed by atoms with Crippen molar-refractivity contribution in [2.24, 2.45) is 12.8 Å². The third-order valence-electron chi connectivity index (χ3n) is 2.40.